The number of amides is 2. The largest absolute Gasteiger partial charge is 0.378 e. The summed E-state index contributed by atoms with van der Waals surface area (Å²) < 4.78 is 5.31. The third-order valence-corrected chi connectivity index (χ3v) is 4.91. The van der Waals surface area contributed by atoms with Crippen LogP contribution in [0.5, 0.6) is 0 Å². The molecular formula is C19H26N2O3. The highest BCUT2D eigenvalue weighted by atomic mass is 16.5. The lowest BCUT2D eigenvalue weighted by Gasteiger charge is -2.36. The normalized spacial score (nSPS) is 21.8. The van der Waals surface area contributed by atoms with Crippen molar-refractivity contribution in [1.82, 2.24) is 9.80 Å². The van der Waals surface area contributed by atoms with Crippen LogP contribution in [0.4, 0.5) is 0 Å². The van der Waals surface area contributed by atoms with Gasteiger partial charge in [-0.2, -0.15) is 0 Å². The molecule has 1 aromatic carbocycles. The number of piperidine rings is 1. The van der Waals surface area contributed by atoms with Crippen molar-refractivity contribution >= 4 is 11.8 Å². The Hall–Kier alpha value is -1.88. The summed E-state index contributed by atoms with van der Waals surface area (Å²) in [6.45, 7) is 3.91. The Morgan fingerprint density at radius 2 is 1.92 bits per heavy atom. The molecule has 1 aromatic rings. The first kappa shape index (κ1) is 17.0. The Bertz CT molecular complexity index is 555. The fraction of sp³-hybridized carbons (Fsp3) is 0.579. The first-order chi connectivity index (χ1) is 11.7. The van der Waals surface area contributed by atoms with Gasteiger partial charge < -0.3 is 14.5 Å². The third-order valence-electron chi connectivity index (χ3n) is 4.91. The smallest absolute Gasteiger partial charge is 0.227 e. The van der Waals surface area contributed by atoms with Gasteiger partial charge in [-0.25, -0.2) is 0 Å². The number of hydrogen-bond donors (Lipinski definition) is 0. The van der Waals surface area contributed by atoms with Gasteiger partial charge >= 0.3 is 0 Å². The van der Waals surface area contributed by atoms with Crippen LogP contribution in [0.3, 0.4) is 0 Å². The van der Waals surface area contributed by atoms with E-state index in [-0.39, 0.29) is 17.7 Å². The van der Waals surface area contributed by atoms with Gasteiger partial charge in [0.15, 0.2) is 0 Å². The first-order valence-corrected chi connectivity index (χ1v) is 8.92. The van der Waals surface area contributed by atoms with Gasteiger partial charge in [0.25, 0.3) is 0 Å². The number of likely N-dealkylation sites (tertiary alicyclic amines) is 1. The number of aryl methyl sites for hydroxylation is 1. The summed E-state index contributed by atoms with van der Waals surface area (Å²) in [6.07, 6.45) is 3.08. The number of nitrogens with zero attached hydrogens (tertiary/aromatic N) is 2. The molecule has 0 N–H and O–H groups in total. The molecule has 2 aliphatic rings. The molecule has 2 fully saturated rings. The summed E-state index contributed by atoms with van der Waals surface area (Å²) in [5.74, 6) is 0.338. The predicted molar refractivity (Wildman–Crippen MR) is 91.5 cm³/mol. The van der Waals surface area contributed by atoms with Crippen molar-refractivity contribution in [2.45, 2.75) is 25.7 Å². The van der Waals surface area contributed by atoms with E-state index in [1.807, 2.05) is 28.0 Å². The molecule has 5 heteroatoms. The number of hydrogen-bond acceptors (Lipinski definition) is 3. The van der Waals surface area contributed by atoms with Gasteiger partial charge in [0.05, 0.1) is 19.1 Å². The molecule has 0 aromatic heterocycles. The average molecular weight is 330 g/mol. The molecule has 24 heavy (non-hydrogen) atoms. The summed E-state index contributed by atoms with van der Waals surface area (Å²) in [5, 5.41) is 0. The number of benzene rings is 1. The Labute approximate surface area is 143 Å². The van der Waals surface area contributed by atoms with E-state index in [1.165, 1.54) is 5.56 Å². The van der Waals surface area contributed by atoms with Crippen LogP contribution in [-0.4, -0.2) is 61.0 Å². The zero-order valence-electron chi connectivity index (χ0n) is 14.2. The van der Waals surface area contributed by atoms with E-state index in [0.29, 0.717) is 45.7 Å². The van der Waals surface area contributed by atoms with Crippen LogP contribution < -0.4 is 0 Å². The van der Waals surface area contributed by atoms with Crippen molar-refractivity contribution in [3.63, 3.8) is 0 Å². The standard InChI is InChI=1S/C19H26N2O3/c22-18-9-8-17(19(23)20-11-13-24-14-12-20)15-21(18)10-4-7-16-5-2-1-3-6-16/h1-3,5-6,17H,4,7-15H2/t17-/m0/s1. The molecule has 2 aliphatic heterocycles. The maximum absolute atomic E-state index is 12.6. The quantitative estimate of drug-likeness (QED) is 0.826. The second kappa shape index (κ2) is 8.29. The molecule has 3 rings (SSSR count). The topological polar surface area (TPSA) is 49.9 Å². The highest BCUT2D eigenvalue weighted by molar-refractivity contribution is 5.84. The summed E-state index contributed by atoms with van der Waals surface area (Å²) >= 11 is 0. The monoisotopic (exact) mass is 330 g/mol. The van der Waals surface area contributed by atoms with E-state index in [4.69, 9.17) is 4.74 Å². The van der Waals surface area contributed by atoms with Gasteiger partial charge in [-0.05, 0) is 24.8 Å². The fourth-order valence-electron chi connectivity index (χ4n) is 3.49. The second-order valence-electron chi connectivity index (χ2n) is 6.60. The van der Waals surface area contributed by atoms with E-state index in [1.54, 1.807) is 0 Å². The van der Waals surface area contributed by atoms with Crippen LogP contribution in [0.1, 0.15) is 24.8 Å². The molecule has 5 nitrogen and oxygen atoms in total. The number of carbonyl (C=O) groups excluding carboxylic acids is 2. The summed E-state index contributed by atoms with van der Waals surface area (Å²) in [5.41, 5.74) is 1.29. The highest BCUT2D eigenvalue weighted by Crippen LogP contribution is 2.21. The second-order valence-corrected chi connectivity index (χ2v) is 6.60. The Balaban J connectivity index is 1.49. The Kier molecular flexibility index (Phi) is 5.86. The van der Waals surface area contributed by atoms with Crippen LogP contribution in [0.15, 0.2) is 30.3 Å². The van der Waals surface area contributed by atoms with Crippen molar-refractivity contribution in [2.24, 2.45) is 5.92 Å². The van der Waals surface area contributed by atoms with Crippen molar-refractivity contribution in [1.29, 1.82) is 0 Å². The van der Waals surface area contributed by atoms with Crippen molar-refractivity contribution in [3.8, 4) is 0 Å². The van der Waals surface area contributed by atoms with Crippen molar-refractivity contribution in [3.05, 3.63) is 35.9 Å². The molecule has 130 valence electrons. The molecule has 1 atom stereocenters. The minimum Gasteiger partial charge on any atom is -0.378 e. The minimum absolute atomic E-state index is 0.0440. The molecular weight excluding hydrogens is 304 g/mol. The fourth-order valence-corrected chi connectivity index (χ4v) is 3.49. The lowest BCUT2D eigenvalue weighted by Crippen LogP contribution is -2.50. The van der Waals surface area contributed by atoms with Gasteiger partial charge in [0, 0.05) is 32.6 Å². The maximum atomic E-state index is 12.6. The van der Waals surface area contributed by atoms with Crippen LogP contribution in [0.2, 0.25) is 0 Å². The SMILES string of the molecule is O=C1CC[C@H](C(=O)N2CCOCC2)CN1CCCc1ccccc1. The molecule has 0 saturated carbocycles. The van der Waals surface area contributed by atoms with Gasteiger partial charge in [0.2, 0.25) is 11.8 Å². The summed E-state index contributed by atoms with van der Waals surface area (Å²) in [7, 11) is 0. The number of carbonyl (C=O) groups is 2. The highest BCUT2D eigenvalue weighted by Gasteiger charge is 2.32. The van der Waals surface area contributed by atoms with Crippen LogP contribution in [0.25, 0.3) is 0 Å². The average Bonchev–Trinajstić information content (AvgIpc) is 2.64. The lowest BCUT2D eigenvalue weighted by molar-refractivity contribution is -0.145. The summed E-state index contributed by atoms with van der Waals surface area (Å²) in [4.78, 5) is 28.6. The Morgan fingerprint density at radius 3 is 2.67 bits per heavy atom. The Morgan fingerprint density at radius 1 is 1.17 bits per heavy atom. The third kappa shape index (κ3) is 4.35. The minimum atomic E-state index is -0.0440. The molecule has 2 amide bonds. The van der Waals surface area contributed by atoms with E-state index in [9.17, 15) is 9.59 Å². The van der Waals surface area contributed by atoms with Crippen molar-refractivity contribution in [2.75, 3.05) is 39.4 Å². The van der Waals surface area contributed by atoms with E-state index >= 15 is 0 Å². The summed E-state index contributed by atoms with van der Waals surface area (Å²) in [6, 6.07) is 10.3. The molecule has 2 heterocycles. The first-order valence-electron chi connectivity index (χ1n) is 8.92. The van der Waals surface area contributed by atoms with Gasteiger partial charge in [-0.1, -0.05) is 30.3 Å². The molecule has 0 aliphatic carbocycles. The number of ether oxygens (including phenoxy) is 1. The lowest BCUT2D eigenvalue weighted by atomic mass is 9.95. The van der Waals surface area contributed by atoms with Gasteiger partial charge in [-0.3, -0.25) is 9.59 Å². The zero-order chi connectivity index (χ0) is 16.8. The number of morpholine rings is 1. The molecule has 0 unspecified atom stereocenters. The van der Waals surface area contributed by atoms with Gasteiger partial charge in [-0.15, -0.1) is 0 Å². The van der Waals surface area contributed by atoms with Crippen LogP contribution >= 0.6 is 0 Å². The maximum Gasteiger partial charge on any atom is 0.227 e. The van der Waals surface area contributed by atoms with E-state index in [0.717, 1.165) is 19.4 Å². The van der Waals surface area contributed by atoms with Crippen LogP contribution in [-0.2, 0) is 20.7 Å². The van der Waals surface area contributed by atoms with E-state index < -0.39 is 0 Å². The molecule has 0 spiro atoms. The van der Waals surface area contributed by atoms with E-state index in [2.05, 4.69) is 12.1 Å². The molecule has 0 radical (unpaired) electrons. The number of rotatable bonds is 5. The molecule has 0 bridgehead atoms. The van der Waals surface area contributed by atoms with Gasteiger partial charge in [0.1, 0.15) is 0 Å². The predicted octanol–water partition coefficient (Wildman–Crippen LogP) is 1.72. The van der Waals surface area contributed by atoms with Crippen LogP contribution in [0, 0.1) is 5.92 Å². The molecule has 2 saturated heterocycles. The zero-order valence-corrected chi connectivity index (χ0v) is 14.2. The van der Waals surface area contributed by atoms with Crippen molar-refractivity contribution < 1.29 is 14.3 Å².